The minimum absolute atomic E-state index is 1.46. The predicted molar refractivity (Wildman–Crippen MR) is 43.2 cm³/mol. The van der Waals surface area contributed by atoms with E-state index in [0.717, 1.165) is 0 Å². The number of carboxylic acids is 3. The molecular weight excluding hydrogens is 250 g/mol. The Hall–Kier alpha value is -0.720. The fourth-order valence-corrected chi connectivity index (χ4v) is 0. The second-order valence-corrected chi connectivity index (χ2v) is 3.69. The molecule has 0 aliphatic carbocycles. The molecule has 0 aliphatic heterocycles. The molecule has 13 heavy (non-hydrogen) atoms. The second-order valence-electron chi connectivity index (χ2n) is 1.41. The number of hydrogen-bond acceptors (Lipinski definition) is 3. The van der Waals surface area contributed by atoms with Crippen LogP contribution in [0.1, 0.15) is 0 Å². The molecule has 0 aromatic heterocycles. The van der Waals surface area contributed by atoms with Gasteiger partial charge in [-0.15, -0.1) is 0 Å². The van der Waals surface area contributed by atoms with Crippen molar-refractivity contribution in [2.45, 2.75) is 3.79 Å². The first-order valence-corrected chi connectivity index (χ1v) is 3.48. The van der Waals surface area contributed by atoms with Crippen LogP contribution in [0.3, 0.4) is 0 Å². The number of hydrogen-bond donors (Lipinski definition) is 3. The number of carboxylic acid groups (broad SMARTS) is 3. The predicted octanol–water partition coefficient (Wildman–Crippen LogP) is 0.597. The maximum atomic E-state index is 9.62. The molecule has 0 aliphatic rings. The maximum absolute atomic E-state index is 9.62. The van der Waals surface area contributed by atoms with Crippen LogP contribution in [0.25, 0.3) is 0 Å². The lowest BCUT2D eigenvalue weighted by Crippen LogP contribution is -2.16. The summed E-state index contributed by atoms with van der Waals surface area (Å²) in [6, 6.07) is 0. The van der Waals surface area contributed by atoms with Crippen molar-refractivity contribution in [2.75, 3.05) is 0 Å². The van der Waals surface area contributed by atoms with Gasteiger partial charge >= 0.3 is 17.9 Å². The van der Waals surface area contributed by atoms with Crippen molar-refractivity contribution < 1.29 is 29.7 Å². The van der Waals surface area contributed by atoms with Crippen molar-refractivity contribution in [3.8, 4) is 0 Å². The molecule has 0 fully saturated rings. The van der Waals surface area contributed by atoms with Crippen LogP contribution in [0, 0.1) is 0 Å². The normalized spacial score (nSPS) is 9.46. The van der Waals surface area contributed by atoms with Crippen molar-refractivity contribution in [1.29, 1.82) is 0 Å². The third kappa shape index (κ3) is 11.3. The first kappa shape index (κ1) is 14.8. The van der Waals surface area contributed by atoms with Crippen molar-refractivity contribution in [3.63, 3.8) is 0 Å². The van der Waals surface area contributed by atoms with Gasteiger partial charge in [0.25, 0.3) is 3.79 Å². The summed E-state index contributed by atoms with van der Waals surface area (Å²) < 4.78 is -2.17. The molecule has 0 aromatic rings. The van der Waals surface area contributed by atoms with E-state index in [1.54, 1.807) is 0 Å². The van der Waals surface area contributed by atoms with Gasteiger partial charge in [0.1, 0.15) is 0 Å². The first-order chi connectivity index (χ1) is 5.59. The van der Waals surface area contributed by atoms with E-state index in [-0.39, 0.29) is 0 Å². The highest BCUT2D eigenvalue weighted by Crippen LogP contribution is 2.25. The Labute approximate surface area is 86.6 Å². The number of alkyl halides is 3. The largest absolute Gasteiger partial charge is 0.478 e. The van der Waals surface area contributed by atoms with Crippen molar-refractivity contribution in [3.05, 3.63) is 0 Å². The Morgan fingerprint density at radius 1 is 0.846 bits per heavy atom. The minimum atomic E-state index is -2.17. The Kier molecular flexibility index (Phi) is 6.65. The van der Waals surface area contributed by atoms with Gasteiger partial charge in [-0.1, -0.05) is 34.8 Å². The van der Waals surface area contributed by atoms with Gasteiger partial charge in [0.2, 0.25) is 0 Å². The lowest BCUT2D eigenvalue weighted by atomic mass is 10.7. The lowest BCUT2D eigenvalue weighted by molar-refractivity contribution is -0.159. The van der Waals surface area contributed by atoms with Gasteiger partial charge in [-0.25, -0.2) is 14.4 Å². The molecule has 76 valence electrons. The maximum Gasteiger partial charge on any atom is 0.414 e. The highest BCUT2D eigenvalue weighted by molar-refractivity contribution is 6.75. The number of carbonyl (C=O) groups is 3. The van der Waals surface area contributed by atoms with Gasteiger partial charge in [0.15, 0.2) is 0 Å². The summed E-state index contributed by atoms with van der Waals surface area (Å²) in [5.74, 6) is -5.11. The average Bonchev–Trinajstić information content (AvgIpc) is 1.86. The summed E-state index contributed by atoms with van der Waals surface area (Å²) >= 11 is 14.4. The molecule has 0 bridgehead atoms. The molecule has 0 radical (unpaired) electrons. The number of rotatable bonds is 0. The fraction of sp³-hybridized carbons (Fsp3) is 0.250. The van der Waals surface area contributed by atoms with Crippen LogP contribution in [0.15, 0.2) is 0 Å². The molecule has 0 aromatic carbocycles. The molecule has 0 rings (SSSR count). The van der Waals surface area contributed by atoms with Crippen molar-refractivity contribution in [1.82, 2.24) is 0 Å². The Bertz CT molecular complexity index is 206. The SMILES string of the molecule is O=C(O)C(=O)O.O=C(O)C(Cl)(Cl)Cl. The van der Waals surface area contributed by atoms with Crippen LogP contribution in [-0.2, 0) is 14.4 Å². The molecule has 3 N–H and O–H groups in total. The summed E-state index contributed by atoms with van der Waals surface area (Å²) in [4.78, 5) is 27.8. The van der Waals surface area contributed by atoms with Gasteiger partial charge in [-0.2, -0.15) is 0 Å². The van der Waals surface area contributed by atoms with Gasteiger partial charge < -0.3 is 15.3 Å². The van der Waals surface area contributed by atoms with Crippen LogP contribution in [0.4, 0.5) is 0 Å². The monoisotopic (exact) mass is 252 g/mol. The van der Waals surface area contributed by atoms with E-state index >= 15 is 0 Å². The third-order valence-corrected chi connectivity index (χ3v) is 0.910. The van der Waals surface area contributed by atoms with E-state index in [4.69, 9.17) is 59.7 Å². The van der Waals surface area contributed by atoms with E-state index in [9.17, 15) is 4.79 Å². The van der Waals surface area contributed by atoms with Crippen LogP contribution in [0.2, 0.25) is 0 Å². The molecule has 0 heterocycles. The molecule has 9 heteroatoms. The van der Waals surface area contributed by atoms with E-state index in [1.165, 1.54) is 0 Å². The van der Waals surface area contributed by atoms with Crippen molar-refractivity contribution >= 4 is 52.7 Å². The van der Waals surface area contributed by atoms with E-state index in [0.29, 0.717) is 0 Å². The van der Waals surface area contributed by atoms with Gasteiger partial charge in [0, 0.05) is 0 Å². The molecule has 0 atom stereocenters. The average molecular weight is 253 g/mol. The molecule has 0 saturated heterocycles. The smallest absolute Gasteiger partial charge is 0.414 e. The topological polar surface area (TPSA) is 112 Å². The third-order valence-electron chi connectivity index (χ3n) is 0.425. The summed E-state index contributed by atoms with van der Waals surface area (Å²) in [5, 5.41) is 22.6. The second kappa shape index (κ2) is 5.85. The zero-order valence-electron chi connectivity index (χ0n) is 5.70. The highest BCUT2D eigenvalue weighted by atomic mass is 35.6. The van der Waals surface area contributed by atoms with Crippen LogP contribution in [0.5, 0.6) is 0 Å². The Morgan fingerprint density at radius 2 is 1.00 bits per heavy atom. The molecule has 0 unspecified atom stereocenters. The van der Waals surface area contributed by atoms with Gasteiger partial charge in [-0.05, 0) is 0 Å². The van der Waals surface area contributed by atoms with Crippen LogP contribution >= 0.6 is 34.8 Å². The summed E-state index contributed by atoms with van der Waals surface area (Å²) in [7, 11) is 0. The van der Waals surface area contributed by atoms with Crippen molar-refractivity contribution in [2.24, 2.45) is 0 Å². The summed E-state index contributed by atoms with van der Waals surface area (Å²) in [6.45, 7) is 0. The first-order valence-electron chi connectivity index (χ1n) is 2.35. The zero-order chi connectivity index (χ0) is 11.2. The Balaban J connectivity index is 0. The standard InChI is InChI=1S/C2HCl3O2.C2H2O4/c3-2(4,5)1(6)7;3-1(4)2(5)6/h(H,6,7);(H,3,4)(H,5,6). The number of halogens is 3. The Morgan fingerprint density at radius 3 is 1.00 bits per heavy atom. The van der Waals surface area contributed by atoms with E-state index in [1.807, 2.05) is 0 Å². The quantitative estimate of drug-likeness (QED) is 0.430. The van der Waals surface area contributed by atoms with Gasteiger partial charge in [-0.3, -0.25) is 0 Å². The molecule has 0 amide bonds. The van der Waals surface area contributed by atoms with E-state index < -0.39 is 21.7 Å². The molecular formula is C4H3Cl3O6. The fourth-order valence-electron chi connectivity index (χ4n) is 0. The molecule has 0 saturated carbocycles. The van der Waals surface area contributed by atoms with Crippen LogP contribution in [-0.4, -0.2) is 37.0 Å². The molecule has 0 spiro atoms. The summed E-state index contributed by atoms with van der Waals surface area (Å²) in [5.41, 5.74) is 0. The van der Waals surface area contributed by atoms with Gasteiger partial charge in [0.05, 0.1) is 0 Å². The lowest BCUT2D eigenvalue weighted by Gasteiger charge is -1.99. The number of aliphatic carboxylic acids is 3. The zero-order valence-corrected chi connectivity index (χ0v) is 7.97. The van der Waals surface area contributed by atoms with Crippen LogP contribution < -0.4 is 0 Å². The molecule has 6 nitrogen and oxygen atoms in total. The minimum Gasteiger partial charge on any atom is -0.478 e. The highest BCUT2D eigenvalue weighted by Gasteiger charge is 2.29. The van der Waals surface area contributed by atoms with E-state index in [2.05, 4.69) is 0 Å². The summed E-state index contributed by atoms with van der Waals surface area (Å²) in [6.07, 6.45) is 0.